The van der Waals surface area contributed by atoms with Crippen LogP contribution in [0.3, 0.4) is 0 Å². The van der Waals surface area contributed by atoms with Crippen molar-refractivity contribution >= 4 is 15.8 Å². The predicted molar refractivity (Wildman–Crippen MR) is 73.8 cm³/mol. The molecule has 1 aromatic carbocycles. The molecule has 2 heterocycles. The number of carbonyl (C=O) groups excluding carboxylic acids is 1. The number of rotatable bonds is 3. The van der Waals surface area contributed by atoms with Crippen LogP contribution in [0, 0.1) is 0 Å². The van der Waals surface area contributed by atoms with Crippen LogP contribution < -0.4 is 0 Å². The molecular weight excluding hydrogens is 294 g/mol. The Balaban J connectivity index is 1.70. The molecule has 21 heavy (non-hydrogen) atoms. The molecule has 0 aliphatic carbocycles. The summed E-state index contributed by atoms with van der Waals surface area (Å²) >= 11 is 0. The van der Waals surface area contributed by atoms with E-state index in [1.165, 1.54) is 11.0 Å². The highest BCUT2D eigenvalue weighted by atomic mass is 32.2. The first kappa shape index (κ1) is 13.7. The van der Waals surface area contributed by atoms with E-state index in [2.05, 4.69) is 10.2 Å². The summed E-state index contributed by atoms with van der Waals surface area (Å²) in [7, 11) is -3.08. The van der Waals surface area contributed by atoms with Crippen LogP contribution in [0.4, 0.5) is 0 Å². The van der Waals surface area contributed by atoms with Crippen LogP contribution in [0.2, 0.25) is 0 Å². The van der Waals surface area contributed by atoms with Gasteiger partial charge in [-0.15, -0.1) is 5.10 Å². The van der Waals surface area contributed by atoms with Gasteiger partial charge in [0, 0.05) is 0 Å². The van der Waals surface area contributed by atoms with Crippen molar-refractivity contribution in [2.45, 2.75) is 12.5 Å². The van der Waals surface area contributed by atoms with E-state index in [-0.39, 0.29) is 17.2 Å². The monoisotopic (exact) mass is 307 g/mol. The zero-order valence-corrected chi connectivity index (χ0v) is 11.9. The number of sulfone groups is 1. The molecule has 1 aromatic heterocycles. The summed E-state index contributed by atoms with van der Waals surface area (Å²) in [6, 6.07) is 9.14. The Morgan fingerprint density at radius 2 is 2.05 bits per heavy atom. The Morgan fingerprint density at radius 3 is 2.71 bits per heavy atom. The molecule has 2 aromatic rings. The van der Waals surface area contributed by atoms with E-state index in [4.69, 9.17) is 4.74 Å². The molecule has 0 radical (unpaired) electrons. The number of esters is 1. The average Bonchev–Trinajstić information content (AvgIpc) is 3.07. The fourth-order valence-corrected chi connectivity index (χ4v) is 3.70. The van der Waals surface area contributed by atoms with Gasteiger partial charge in [-0.3, -0.25) is 0 Å². The second kappa shape index (κ2) is 5.28. The topological polar surface area (TPSA) is 91.2 Å². The first-order valence-electron chi connectivity index (χ1n) is 6.43. The molecule has 1 atom stereocenters. The maximum Gasteiger partial charge on any atom is 0.360 e. The van der Waals surface area contributed by atoms with Crippen molar-refractivity contribution in [3.05, 3.63) is 42.2 Å². The second-order valence-corrected chi connectivity index (χ2v) is 7.01. The SMILES string of the molecule is O=C(O[C@@H]1CCS(=O)(=O)C1)c1cnn(-c2ccccc2)n1. The standard InChI is InChI=1S/C13H13N3O4S/c17-13(20-11-6-7-21(18,19)9-11)12-8-14-16(15-12)10-4-2-1-3-5-10/h1-5,8,11H,6-7,9H2/t11-/m1/s1. The highest BCUT2D eigenvalue weighted by molar-refractivity contribution is 7.91. The van der Waals surface area contributed by atoms with E-state index >= 15 is 0 Å². The summed E-state index contributed by atoms with van der Waals surface area (Å²) in [5.74, 6) is -0.716. The van der Waals surface area contributed by atoms with Crippen molar-refractivity contribution in [3.63, 3.8) is 0 Å². The van der Waals surface area contributed by atoms with E-state index in [0.29, 0.717) is 6.42 Å². The normalized spacial score (nSPS) is 20.3. The van der Waals surface area contributed by atoms with Gasteiger partial charge >= 0.3 is 5.97 Å². The minimum Gasteiger partial charge on any atom is -0.456 e. The first-order chi connectivity index (χ1) is 10.0. The van der Waals surface area contributed by atoms with Crippen LogP contribution in [0.1, 0.15) is 16.9 Å². The van der Waals surface area contributed by atoms with Gasteiger partial charge < -0.3 is 4.74 Å². The lowest BCUT2D eigenvalue weighted by atomic mass is 10.3. The molecule has 0 bridgehead atoms. The van der Waals surface area contributed by atoms with Gasteiger partial charge in [-0.25, -0.2) is 13.2 Å². The molecule has 0 amide bonds. The minimum absolute atomic E-state index is 0.0572. The zero-order valence-electron chi connectivity index (χ0n) is 11.0. The van der Waals surface area contributed by atoms with Crippen molar-refractivity contribution in [2.75, 3.05) is 11.5 Å². The molecule has 7 nitrogen and oxygen atoms in total. The number of hydrogen-bond acceptors (Lipinski definition) is 6. The number of hydrogen-bond donors (Lipinski definition) is 0. The fraction of sp³-hybridized carbons (Fsp3) is 0.308. The second-order valence-electron chi connectivity index (χ2n) is 4.79. The Labute approximate surface area is 121 Å². The van der Waals surface area contributed by atoms with Gasteiger partial charge in [-0.1, -0.05) is 18.2 Å². The van der Waals surface area contributed by atoms with Crippen molar-refractivity contribution in [3.8, 4) is 5.69 Å². The molecule has 110 valence electrons. The third-order valence-corrected chi connectivity index (χ3v) is 4.89. The van der Waals surface area contributed by atoms with Crippen LogP contribution in [-0.2, 0) is 14.6 Å². The molecule has 3 rings (SSSR count). The van der Waals surface area contributed by atoms with Crippen LogP contribution in [0.5, 0.6) is 0 Å². The van der Waals surface area contributed by atoms with Gasteiger partial charge in [0.2, 0.25) is 0 Å². The zero-order chi connectivity index (χ0) is 14.9. The van der Waals surface area contributed by atoms with Gasteiger partial charge in [0.15, 0.2) is 15.5 Å². The van der Waals surface area contributed by atoms with E-state index in [9.17, 15) is 13.2 Å². The molecule has 1 saturated heterocycles. The van der Waals surface area contributed by atoms with Crippen molar-refractivity contribution in [1.82, 2.24) is 15.0 Å². The predicted octanol–water partition coefficient (Wildman–Crippen LogP) is 0.611. The van der Waals surface area contributed by atoms with Crippen LogP contribution in [-0.4, -0.2) is 47.0 Å². The summed E-state index contributed by atoms with van der Waals surface area (Å²) in [6.45, 7) is 0. The summed E-state index contributed by atoms with van der Waals surface area (Å²) in [4.78, 5) is 13.2. The van der Waals surface area contributed by atoms with Gasteiger partial charge in [-0.2, -0.15) is 9.90 Å². The number of aromatic nitrogens is 3. The first-order valence-corrected chi connectivity index (χ1v) is 8.25. The van der Waals surface area contributed by atoms with Gasteiger partial charge in [-0.05, 0) is 18.6 Å². The Bertz CT molecular complexity index is 755. The van der Waals surface area contributed by atoms with E-state index < -0.39 is 21.9 Å². The largest absolute Gasteiger partial charge is 0.456 e. The molecule has 0 unspecified atom stereocenters. The number of ether oxygens (including phenoxy) is 1. The third kappa shape index (κ3) is 3.10. The molecule has 1 aliphatic heterocycles. The summed E-state index contributed by atoms with van der Waals surface area (Å²) in [5.41, 5.74) is 0.781. The maximum atomic E-state index is 11.9. The smallest absolute Gasteiger partial charge is 0.360 e. The number of nitrogens with zero attached hydrogens (tertiary/aromatic N) is 3. The van der Waals surface area contributed by atoms with Gasteiger partial charge in [0.1, 0.15) is 6.10 Å². The van der Waals surface area contributed by atoms with E-state index in [1.807, 2.05) is 18.2 Å². The molecule has 0 saturated carbocycles. The van der Waals surface area contributed by atoms with Crippen LogP contribution >= 0.6 is 0 Å². The Morgan fingerprint density at radius 1 is 1.29 bits per heavy atom. The number of carbonyl (C=O) groups is 1. The molecule has 0 N–H and O–H groups in total. The average molecular weight is 307 g/mol. The van der Waals surface area contributed by atoms with Crippen LogP contribution in [0.15, 0.2) is 36.5 Å². The molecule has 1 aliphatic rings. The molecule has 0 spiro atoms. The quantitative estimate of drug-likeness (QED) is 0.772. The lowest BCUT2D eigenvalue weighted by molar-refractivity contribution is 0.0348. The highest BCUT2D eigenvalue weighted by Crippen LogP contribution is 2.16. The Kier molecular flexibility index (Phi) is 3.46. The van der Waals surface area contributed by atoms with Crippen molar-refractivity contribution in [1.29, 1.82) is 0 Å². The Hall–Kier alpha value is -2.22. The fourth-order valence-electron chi connectivity index (χ4n) is 2.11. The lowest BCUT2D eigenvalue weighted by Gasteiger charge is -2.07. The molecule has 1 fully saturated rings. The van der Waals surface area contributed by atoms with E-state index in [1.54, 1.807) is 12.1 Å². The highest BCUT2D eigenvalue weighted by Gasteiger charge is 2.31. The van der Waals surface area contributed by atoms with Gasteiger partial charge in [0.25, 0.3) is 0 Å². The molecule has 8 heteroatoms. The van der Waals surface area contributed by atoms with Gasteiger partial charge in [0.05, 0.1) is 23.4 Å². The third-order valence-electron chi connectivity index (χ3n) is 3.15. The number of benzene rings is 1. The summed E-state index contributed by atoms with van der Waals surface area (Å²) in [6.07, 6.45) is 1.05. The maximum absolute atomic E-state index is 11.9. The van der Waals surface area contributed by atoms with E-state index in [0.717, 1.165) is 5.69 Å². The van der Waals surface area contributed by atoms with Crippen molar-refractivity contribution < 1.29 is 17.9 Å². The summed E-state index contributed by atoms with van der Waals surface area (Å²) in [5, 5.41) is 8.04. The van der Waals surface area contributed by atoms with Crippen molar-refractivity contribution in [2.24, 2.45) is 0 Å². The number of para-hydroxylation sites is 1. The lowest BCUT2D eigenvalue weighted by Crippen LogP contribution is -2.20. The molecular formula is C13H13N3O4S. The van der Waals surface area contributed by atoms with Crippen LogP contribution in [0.25, 0.3) is 5.69 Å². The summed E-state index contributed by atoms with van der Waals surface area (Å²) < 4.78 is 27.8. The minimum atomic E-state index is -3.08.